The molecular formula is C18H27ClN4O4. The van der Waals surface area contributed by atoms with E-state index in [9.17, 15) is 15.0 Å². The molecule has 0 fully saturated rings. The summed E-state index contributed by atoms with van der Waals surface area (Å²) in [5.41, 5.74) is 0.0268. The Morgan fingerprint density at radius 3 is 2.63 bits per heavy atom. The summed E-state index contributed by atoms with van der Waals surface area (Å²) < 4.78 is 7.11. The van der Waals surface area contributed by atoms with E-state index in [0.29, 0.717) is 24.0 Å². The Bertz CT molecular complexity index is 800. The first-order chi connectivity index (χ1) is 12.5. The van der Waals surface area contributed by atoms with Crippen LogP contribution in [-0.2, 0) is 4.74 Å². The highest BCUT2D eigenvalue weighted by molar-refractivity contribution is 6.28. The number of aromatic nitrogens is 3. The minimum Gasteiger partial charge on any atom is -0.477 e. The lowest BCUT2D eigenvalue weighted by molar-refractivity contribution is -0.182. The lowest BCUT2D eigenvalue weighted by atomic mass is 10.0. The highest BCUT2D eigenvalue weighted by Crippen LogP contribution is 2.27. The standard InChI is InChI=1S/C18H27ClN4O4/c1-10(2)6-12(9-21-17(26)27-18(3,4)5)23-13(15(24)25)7-11-8-20-16(19)22-14(11)23/h7-8,10,12,17,21,26H,6,9H2,1-5H3,(H,24,25). The Morgan fingerprint density at radius 2 is 2.07 bits per heavy atom. The second-order valence-corrected chi connectivity index (χ2v) is 8.23. The first kappa shape index (κ1) is 21.6. The van der Waals surface area contributed by atoms with Gasteiger partial charge in [0.05, 0.1) is 5.60 Å². The van der Waals surface area contributed by atoms with Crippen LogP contribution >= 0.6 is 11.6 Å². The van der Waals surface area contributed by atoms with Crippen molar-refractivity contribution in [2.45, 2.75) is 59.1 Å². The van der Waals surface area contributed by atoms with Gasteiger partial charge in [0.15, 0.2) is 0 Å². The Morgan fingerprint density at radius 1 is 1.41 bits per heavy atom. The largest absolute Gasteiger partial charge is 0.477 e. The third-order valence-corrected chi connectivity index (χ3v) is 4.05. The molecule has 0 aliphatic heterocycles. The number of hydrogen-bond acceptors (Lipinski definition) is 6. The number of fused-ring (bicyclic) bond motifs is 1. The highest BCUT2D eigenvalue weighted by atomic mass is 35.5. The van der Waals surface area contributed by atoms with Crippen LogP contribution in [0.5, 0.6) is 0 Å². The normalized spacial score (nSPS) is 14.7. The van der Waals surface area contributed by atoms with Crippen molar-refractivity contribution in [3.63, 3.8) is 0 Å². The van der Waals surface area contributed by atoms with E-state index in [1.54, 1.807) is 4.57 Å². The predicted octanol–water partition coefficient (Wildman–Crippen LogP) is 3.05. The number of carbonyl (C=O) groups is 1. The fraction of sp³-hybridized carbons (Fsp3) is 0.611. The Kier molecular flexibility index (Phi) is 6.80. The maximum atomic E-state index is 11.8. The average Bonchev–Trinajstić information content (AvgIpc) is 2.88. The van der Waals surface area contributed by atoms with Crippen molar-refractivity contribution in [3.8, 4) is 0 Å². The molecule has 0 radical (unpaired) electrons. The molecule has 0 saturated heterocycles. The zero-order valence-electron chi connectivity index (χ0n) is 16.2. The summed E-state index contributed by atoms with van der Waals surface area (Å²) in [5, 5.41) is 23.3. The molecule has 2 atom stereocenters. The summed E-state index contributed by atoms with van der Waals surface area (Å²) in [6.45, 7) is 9.90. The van der Waals surface area contributed by atoms with E-state index in [0.717, 1.165) is 0 Å². The van der Waals surface area contributed by atoms with E-state index in [1.807, 2.05) is 34.6 Å². The SMILES string of the molecule is CC(C)CC(CNC(O)OC(C)(C)C)n1c(C(=O)O)cc2cnc(Cl)nc21. The van der Waals surface area contributed by atoms with E-state index in [1.165, 1.54) is 12.3 Å². The van der Waals surface area contributed by atoms with Crippen LogP contribution in [0.2, 0.25) is 5.28 Å². The minimum atomic E-state index is -1.17. The Labute approximate surface area is 163 Å². The van der Waals surface area contributed by atoms with Crippen molar-refractivity contribution >= 4 is 28.6 Å². The van der Waals surface area contributed by atoms with Crippen LogP contribution in [0.3, 0.4) is 0 Å². The van der Waals surface area contributed by atoms with Gasteiger partial charge in [-0.25, -0.2) is 9.78 Å². The summed E-state index contributed by atoms with van der Waals surface area (Å²) in [7, 11) is 0. The molecule has 0 aliphatic carbocycles. The lowest BCUT2D eigenvalue weighted by Crippen LogP contribution is -2.41. The van der Waals surface area contributed by atoms with Gasteiger partial charge in [-0.05, 0) is 50.8 Å². The fourth-order valence-corrected chi connectivity index (χ4v) is 3.09. The van der Waals surface area contributed by atoms with Crippen molar-refractivity contribution < 1.29 is 19.7 Å². The number of carboxylic acids is 1. The first-order valence-electron chi connectivity index (χ1n) is 8.84. The van der Waals surface area contributed by atoms with E-state index < -0.39 is 18.0 Å². The Balaban J connectivity index is 2.39. The number of hydrogen-bond donors (Lipinski definition) is 3. The molecule has 2 unspecified atom stereocenters. The summed E-state index contributed by atoms with van der Waals surface area (Å²) in [6, 6.07) is 1.25. The lowest BCUT2D eigenvalue weighted by Gasteiger charge is -2.28. The zero-order chi connectivity index (χ0) is 20.4. The smallest absolute Gasteiger partial charge is 0.352 e. The average molecular weight is 399 g/mol. The van der Waals surface area contributed by atoms with Crippen molar-refractivity contribution in [1.29, 1.82) is 0 Å². The molecule has 0 bridgehead atoms. The first-order valence-corrected chi connectivity index (χ1v) is 9.21. The second-order valence-electron chi connectivity index (χ2n) is 7.90. The van der Waals surface area contributed by atoms with Crippen LogP contribution in [0.1, 0.15) is 57.6 Å². The fourth-order valence-electron chi connectivity index (χ4n) is 2.96. The zero-order valence-corrected chi connectivity index (χ0v) is 17.0. The molecule has 3 N–H and O–H groups in total. The second kappa shape index (κ2) is 8.52. The summed E-state index contributed by atoms with van der Waals surface area (Å²) >= 11 is 5.93. The third kappa shape index (κ3) is 5.87. The molecule has 2 rings (SSSR count). The van der Waals surface area contributed by atoms with Crippen LogP contribution in [0, 0.1) is 5.92 Å². The van der Waals surface area contributed by atoms with Crippen LogP contribution in [0.15, 0.2) is 12.3 Å². The van der Waals surface area contributed by atoms with Gasteiger partial charge in [-0.3, -0.25) is 5.32 Å². The van der Waals surface area contributed by atoms with Crippen LogP contribution in [0.4, 0.5) is 0 Å². The number of aromatic carboxylic acids is 1. The number of nitrogens with one attached hydrogen (secondary N) is 1. The molecule has 0 aromatic carbocycles. The van der Waals surface area contributed by atoms with Gasteiger partial charge in [0.25, 0.3) is 0 Å². The molecule has 8 nitrogen and oxygen atoms in total. The monoisotopic (exact) mass is 398 g/mol. The number of aliphatic hydroxyl groups excluding tert-OH is 1. The molecule has 2 aromatic heterocycles. The third-order valence-electron chi connectivity index (χ3n) is 3.87. The van der Waals surface area contributed by atoms with Crippen molar-refractivity contribution in [2.24, 2.45) is 5.92 Å². The summed E-state index contributed by atoms with van der Waals surface area (Å²) in [4.78, 5) is 19.9. The van der Waals surface area contributed by atoms with Crippen molar-refractivity contribution in [1.82, 2.24) is 19.9 Å². The molecule has 2 aromatic rings. The van der Waals surface area contributed by atoms with E-state index in [2.05, 4.69) is 15.3 Å². The minimum absolute atomic E-state index is 0.0474. The molecule has 150 valence electrons. The van der Waals surface area contributed by atoms with Crippen LogP contribution < -0.4 is 5.32 Å². The van der Waals surface area contributed by atoms with Gasteiger partial charge in [-0.2, -0.15) is 4.98 Å². The van der Waals surface area contributed by atoms with Crippen molar-refractivity contribution in [3.05, 3.63) is 23.2 Å². The van der Waals surface area contributed by atoms with E-state index in [4.69, 9.17) is 16.3 Å². The molecule has 27 heavy (non-hydrogen) atoms. The summed E-state index contributed by atoms with van der Waals surface area (Å²) in [6.07, 6.45) is 0.999. The van der Waals surface area contributed by atoms with Gasteiger partial charge < -0.3 is 19.5 Å². The quantitative estimate of drug-likeness (QED) is 0.463. The molecule has 0 saturated carbocycles. The highest BCUT2D eigenvalue weighted by Gasteiger charge is 2.25. The number of nitrogens with zero attached hydrogens (tertiary/aromatic N) is 3. The number of rotatable bonds is 8. The number of ether oxygens (including phenoxy) is 1. The topological polar surface area (TPSA) is 110 Å². The maximum Gasteiger partial charge on any atom is 0.352 e. The van der Waals surface area contributed by atoms with Gasteiger partial charge in [-0.1, -0.05) is 13.8 Å². The van der Waals surface area contributed by atoms with Crippen LogP contribution in [0.25, 0.3) is 11.0 Å². The van der Waals surface area contributed by atoms with Gasteiger partial charge in [-0.15, -0.1) is 0 Å². The molecule has 2 heterocycles. The Hall–Kier alpha value is -1.74. The summed E-state index contributed by atoms with van der Waals surface area (Å²) in [5.74, 6) is -0.779. The predicted molar refractivity (Wildman–Crippen MR) is 103 cm³/mol. The van der Waals surface area contributed by atoms with Crippen LogP contribution in [-0.4, -0.2) is 49.3 Å². The number of aliphatic hydroxyl groups is 1. The number of carboxylic acid groups (broad SMARTS) is 1. The molecule has 0 amide bonds. The van der Waals surface area contributed by atoms with Crippen molar-refractivity contribution in [2.75, 3.05) is 6.54 Å². The van der Waals surface area contributed by atoms with E-state index >= 15 is 0 Å². The molecule has 0 aliphatic rings. The molecular weight excluding hydrogens is 372 g/mol. The van der Waals surface area contributed by atoms with E-state index in [-0.39, 0.29) is 22.9 Å². The number of halogens is 1. The van der Waals surface area contributed by atoms with Gasteiger partial charge >= 0.3 is 5.97 Å². The molecule has 0 spiro atoms. The van der Waals surface area contributed by atoms with Gasteiger partial charge in [0.1, 0.15) is 11.3 Å². The molecule has 9 heteroatoms. The van der Waals surface area contributed by atoms with Gasteiger partial charge in [0, 0.05) is 24.2 Å². The maximum absolute atomic E-state index is 11.8. The van der Waals surface area contributed by atoms with Gasteiger partial charge in [0.2, 0.25) is 11.7 Å².